The van der Waals surface area contributed by atoms with Crippen molar-refractivity contribution in [2.24, 2.45) is 0 Å². The molecule has 3 atom stereocenters. The number of aliphatic hydroxyl groups is 1. The van der Waals surface area contributed by atoms with Gasteiger partial charge in [0.05, 0.1) is 24.8 Å². The van der Waals surface area contributed by atoms with Gasteiger partial charge in [0, 0.05) is 45.7 Å². The molecule has 0 aliphatic carbocycles. The van der Waals surface area contributed by atoms with E-state index in [0.717, 1.165) is 30.9 Å². The lowest BCUT2D eigenvalue weighted by molar-refractivity contribution is -0.133. The fourth-order valence-electron chi connectivity index (χ4n) is 5.08. The maximum Gasteiger partial charge on any atom is 0.222 e. The van der Waals surface area contributed by atoms with Crippen molar-refractivity contribution in [3.05, 3.63) is 70.8 Å². The highest BCUT2D eigenvalue weighted by atomic mass is 19.1. The number of rotatable bonds is 15. The molecule has 1 fully saturated rings. The van der Waals surface area contributed by atoms with Crippen LogP contribution in [0.2, 0.25) is 0 Å². The van der Waals surface area contributed by atoms with Crippen LogP contribution in [0.3, 0.4) is 0 Å². The first-order valence-electron chi connectivity index (χ1n) is 13.8. The molecular formula is C30H41F2N3O4. The summed E-state index contributed by atoms with van der Waals surface area (Å²) in [6.45, 7) is 3.99. The Bertz CT molecular complexity index is 1060. The number of nitrogens with zero attached hydrogens (tertiary/aromatic N) is 1. The van der Waals surface area contributed by atoms with E-state index in [0.29, 0.717) is 31.7 Å². The Kier molecular flexibility index (Phi) is 12.3. The zero-order chi connectivity index (χ0) is 28.2. The van der Waals surface area contributed by atoms with E-state index in [2.05, 4.69) is 29.7 Å². The summed E-state index contributed by atoms with van der Waals surface area (Å²) in [5, 5.41) is 17.0. The highest BCUT2D eigenvalue weighted by Gasteiger charge is 2.28. The fraction of sp³-hybridized carbons (Fsp3) is 0.533. The predicted molar refractivity (Wildman–Crippen MR) is 146 cm³/mol. The average molecular weight is 546 g/mol. The number of likely N-dealkylation sites (tertiary alicyclic amines) is 1. The molecule has 1 aliphatic heterocycles. The van der Waals surface area contributed by atoms with Crippen LogP contribution in [-0.2, 0) is 33.7 Å². The number of carbonyl (C=O) groups excluding carboxylic acids is 2. The Morgan fingerprint density at radius 3 is 2.56 bits per heavy atom. The molecule has 39 heavy (non-hydrogen) atoms. The predicted octanol–water partition coefficient (Wildman–Crippen LogP) is 3.51. The number of aryl methyl sites for hydroxylation is 1. The average Bonchev–Trinajstić information content (AvgIpc) is 3.36. The van der Waals surface area contributed by atoms with E-state index in [9.17, 15) is 23.5 Å². The van der Waals surface area contributed by atoms with E-state index in [1.165, 1.54) is 17.7 Å². The lowest BCUT2D eigenvalue weighted by atomic mass is 10.00. The largest absolute Gasteiger partial charge is 0.390 e. The van der Waals surface area contributed by atoms with Gasteiger partial charge in [-0.2, -0.15) is 0 Å². The van der Waals surface area contributed by atoms with Crippen molar-refractivity contribution >= 4 is 11.8 Å². The Morgan fingerprint density at radius 1 is 1.10 bits per heavy atom. The van der Waals surface area contributed by atoms with E-state index >= 15 is 0 Å². The summed E-state index contributed by atoms with van der Waals surface area (Å²) in [5.41, 5.74) is 2.62. The van der Waals surface area contributed by atoms with Crippen LogP contribution in [0.15, 0.2) is 42.5 Å². The molecule has 2 aromatic rings. The van der Waals surface area contributed by atoms with Crippen LogP contribution in [0, 0.1) is 11.6 Å². The summed E-state index contributed by atoms with van der Waals surface area (Å²) in [6, 6.07) is 10.6. The molecule has 3 rings (SSSR count). The molecule has 1 saturated heterocycles. The van der Waals surface area contributed by atoms with Crippen LogP contribution in [0.4, 0.5) is 8.78 Å². The minimum absolute atomic E-state index is 0.00510. The third kappa shape index (κ3) is 9.98. The summed E-state index contributed by atoms with van der Waals surface area (Å²) in [5.74, 6) is -1.75. The summed E-state index contributed by atoms with van der Waals surface area (Å²) in [7, 11) is 1.62. The molecule has 1 unspecified atom stereocenters. The molecule has 2 aromatic carbocycles. The zero-order valence-corrected chi connectivity index (χ0v) is 22.9. The minimum Gasteiger partial charge on any atom is -0.390 e. The molecule has 2 amide bonds. The van der Waals surface area contributed by atoms with Crippen LogP contribution < -0.4 is 10.6 Å². The number of ether oxygens (including phenoxy) is 1. The van der Waals surface area contributed by atoms with Crippen molar-refractivity contribution in [3.63, 3.8) is 0 Å². The number of hydrogen-bond acceptors (Lipinski definition) is 5. The van der Waals surface area contributed by atoms with Crippen molar-refractivity contribution in [2.45, 2.75) is 76.6 Å². The SMILES string of the molecule is CCc1cccc(CNC[C@H](O)[C@H](Cc2cc(F)cc(F)c2)NC(=O)CCCC(=O)N2CCCC2COC)c1. The molecule has 7 nitrogen and oxygen atoms in total. The lowest BCUT2D eigenvalue weighted by Gasteiger charge is -2.25. The van der Waals surface area contributed by atoms with Crippen molar-refractivity contribution < 1.29 is 28.2 Å². The standard InChI is InChI=1S/C30H41F2N3O4/c1-3-21-7-4-8-22(13-21)18-33-19-28(36)27(16-23-14-24(31)17-25(32)15-23)34-29(37)10-5-11-30(38)35-12-6-9-26(35)20-39-2/h4,7-8,13-15,17,26-28,33,36H,3,5-6,9-12,16,18-20H2,1-2H3,(H,34,37)/t26?,27-,28-/m0/s1. The number of nitrogens with one attached hydrogen (secondary N) is 2. The van der Waals surface area contributed by atoms with Gasteiger partial charge in [0.25, 0.3) is 0 Å². The summed E-state index contributed by atoms with van der Waals surface area (Å²) in [6.07, 6.45) is 2.55. The maximum atomic E-state index is 13.8. The smallest absolute Gasteiger partial charge is 0.222 e. The van der Waals surface area contributed by atoms with Gasteiger partial charge in [-0.1, -0.05) is 31.2 Å². The first-order chi connectivity index (χ1) is 18.8. The lowest BCUT2D eigenvalue weighted by Crippen LogP contribution is -2.48. The Morgan fingerprint density at radius 2 is 1.85 bits per heavy atom. The highest BCUT2D eigenvalue weighted by molar-refractivity contribution is 5.79. The van der Waals surface area contributed by atoms with Gasteiger partial charge in [0.1, 0.15) is 11.6 Å². The van der Waals surface area contributed by atoms with Gasteiger partial charge in [-0.25, -0.2) is 8.78 Å². The van der Waals surface area contributed by atoms with Gasteiger partial charge < -0.3 is 25.4 Å². The van der Waals surface area contributed by atoms with Crippen LogP contribution in [0.5, 0.6) is 0 Å². The molecule has 1 heterocycles. The molecule has 9 heteroatoms. The van der Waals surface area contributed by atoms with Crippen molar-refractivity contribution in [3.8, 4) is 0 Å². The second-order valence-corrected chi connectivity index (χ2v) is 10.2. The van der Waals surface area contributed by atoms with Crippen LogP contribution in [0.25, 0.3) is 0 Å². The van der Waals surface area contributed by atoms with E-state index < -0.39 is 23.8 Å². The highest BCUT2D eigenvalue weighted by Crippen LogP contribution is 2.19. The van der Waals surface area contributed by atoms with E-state index in [4.69, 9.17) is 4.74 Å². The molecule has 0 aromatic heterocycles. The Balaban J connectivity index is 1.55. The molecule has 1 aliphatic rings. The van der Waals surface area contributed by atoms with Crippen molar-refractivity contribution in [1.29, 1.82) is 0 Å². The third-order valence-electron chi connectivity index (χ3n) is 7.12. The summed E-state index contributed by atoms with van der Waals surface area (Å²) >= 11 is 0. The zero-order valence-electron chi connectivity index (χ0n) is 22.9. The number of halogens is 2. The quantitative estimate of drug-likeness (QED) is 0.319. The Hall–Kier alpha value is -2.88. The number of carbonyl (C=O) groups is 2. The first-order valence-corrected chi connectivity index (χ1v) is 13.8. The molecule has 0 bridgehead atoms. The number of aliphatic hydroxyl groups excluding tert-OH is 1. The van der Waals surface area contributed by atoms with Crippen LogP contribution in [0.1, 0.15) is 55.7 Å². The normalized spacial score (nSPS) is 16.7. The van der Waals surface area contributed by atoms with E-state index in [-0.39, 0.29) is 43.7 Å². The van der Waals surface area contributed by atoms with Gasteiger partial charge in [0.2, 0.25) is 11.8 Å². The minimum atomic E-state index is -1.00. The second-order valence-electron chi connectivity index (χ2n) is 10.2. The molecule has 214 valence electrons. The van der Waals surface area contributed by atoms with Gasteiger partial charge in [0.15, 0.2) is 0 Å². The fourth-order valence-corrected chi connectivity index (χ4v) is 5.08. The molecule has 0 spiro atoms. The summed E-state index contributed by atoms with van der Waals surface area (Å²) < 4.78 is 32.8. The molecule has 0 radical (unpaired) electrons. The summed E-state index contributed by atoms with van der Waals surface area (Å²) in [4.78, 5) is 27.3. The number of methoxy groups -OCH3 is 1. The third-order valence-corrected chi connectivity index (χ3v) is 7.12. The van der Waals surface area contributed by atoms with E-state index in [1.54, 1.807) is 7.11 Å². The Labute approximate surface area is 229 Å². The number of hydrogen-bond donors (Lipinski definition) is 3. The first kappa shape index (κ1) is 30.7. The molecule has 3 N–H and O–H groups in total. The number of benzene rings is 2. The monoisotopic (exact) mass is 545 g/mol. The second kappa shape index (κ2) is 15.6. The van der Waals surface area contributed by atoms with Crippen molar-refractivity contribution in [2.75, 3.05) is 26.8 Å². The number of amides is 2. The van der Waals surface area contributed by atoms with Gasteiger partial charge in [-0.3, -0.25) is 9.59 Å². The van der Waals surface area contributed by atoms with Crippen LogP contribution >= 0.6 is 0 Å². The van der Waals surface area contributed by atoms with Crippen LogP contribution in [-0.4, -0.2) is 66.8 Å². The van der Waals surface area contributed by atoms with Gasteiger partial charge in [-0.15, -0.1) is 0 Å². The van der Waals surface area contributed by atoms with Gasteiger partial charge in [-0.05, 0) is 60.9 Å². The topological polar surface area (TPSA) is 90.9 Å². The molecular weight excluding hydrogens is 504 g/mol. The van der Waals surface area contributed by atoms with E-state index in [1.807, 2.05) is 17.0 Å². The maximum absolute atomic E-state index is 13.8. The molecule has 0 saturated carbocycles. The van der Waals surface area contributed by atoms with Crippen molar-refractivity contribution in [1.82, 2.24) is 15.5 Å². The van der Waals surface area contributed by atoms with Gasteiger partial charge >= 0.3 is 0 Å².